The number of nitrogens with zero attached hydrogens (tertiary/aromatic N) is 2. The first-order chi connectivity index (χ1) is 11.3. The number of thiophene rings is 1. The molecule has 0 aliphatic carbocycles. The smallest absolute Gasteiger partial charge is 0.127 e. The zero-order chi connectivity index (χ0) is 15.4. The minimum Gasteiger partial charge on any atom is -0.360 e. The van der Waals surface area contributed by atoms with E-state index in [4.69, 9.17) is 4.98 Å². The summed E-state index contributed by atoms with van der Waals surface area (Å²) in [5.41, 5.74) is 3.60. The third-order valence-electron chi connectivity index (χ3n) is 4.54. The van der Waals surface area contributed by atoms with Crippen LogP contribution in [0.15, 0.2) is 60.8 Å². The van der Waals surface area contributed by atoms with Gasteiger partial charge < -0.3 is 10.2 Å². The Hall–Kier alpha value is -2.59. The lowest BCUT2D eigenvalue weighted by Gasteiger charge is -2.22. The Bertz CT molecular complexity index is 1040. The molecule has 4 aromatic rings. The van der Waals surface area contributed by atoms with Crippen LogP contribution in [0.2, 0.25) is 0 Å². The molecule has 3 nitrogen and oxygen atoms in total. The molecular formula is C19H15N3S. The topological polar surface area (TPSA) is 28.2 Å². The second kappa shape index (κ2) is 4.70. The highest BCUT2D eigenvalue weighted by Crippen LogP contribution is 2.41. The fraction of sp³-hybridized carbons (Fsp3) is 0.105. The molecule has 1 unspecified atom stereocenters. The van der Waals surface area contributed by atoms with Gasteiger partial charge in [0.25, 0.3) is 0 Å². The van der Waals surface area contributed by atoms with E-state index in [1.807, 2.05) is 6.20 Å². The molecule has 23 heavy (non-hydrogen) atoms. The van der Waals surface area contributed by atoms with Crippen LogP contribution in [0.1, 0.15) is 11.7 Å². The maximum atomic E-state index is 4.71. The minimum atomic E-state index is 0.128. The Morgan fingerprint density at radius 2 is 1.87 bits per heavy atom. The molecule has 1 aliphatic heterocycles. The van der Waals surface area contributed by atoms with Gasteiger partial charge in [0.2, 0.25) is 0 Å². The van der Waals surface area contributed by atoms with Crippen molar-refractivity contribution in [2.75, 3.05) is 17.3 Å². The van der Waals surface area contributed by atoms with Crippen molar-refractivity contribution < 1.29 is 0 Å². The number of anilines is 2. The molecule has 2 aromatic heterocycles. The van der Waals surface area contributed by atoms with Gasteiger partial charge in [0, 0.05) is 34.3 Å². The van der Waals surface area contributed by atoms with Gasteiger partial charge in [-0.15, -0.1) is 11.3 Å². The fourth-order valence-electron chi connectivity index (χ4n) is 3.37. The summed E-state index contributed by atoms with van der Waals surface area (Å²) in [6.07, 6.45) is 2.13. The Morgan fingerprint density at radius 3 is 2.78 bits per heavy atom. The van der Waals surface area contributed by atoms with Crippen molar-refractivity contribution >= 4 is 43.0 Å². The molecule has 5 rings (SSSR count). The van der Waals surface area contributed by atoms with E-state index < -0.39 is 0 Å². The number of aromatic nitrogens is 1. The maximum absolute atomic E-state index is 4.71. The third kappa shape index (κ3) is 1.85. The van der Waals surface area contributed by atoms with Crippen LogP contribution in [-0.2, 0) is 0 Å². The van der Waals surface area contributed by atoms with Crippen LogP contribution in [0, 0.1) is 0 Å². The first-order valence-corrected chi connectivity index (χ1v) is 8.48. The molecular weight excluding hydrogens is 302 g/mol. The molecule has 0 amide bonds. The number of hydrogen-bond donors (Lipinski definition) is 1. The van der Waals surface area contributed by atoms with Gasteiger partial charge in [-0.1, -0.05) is 30.3 Å². The molecule has 2 aromatic carbocycles. The summed E-state index contributed by atoms with van der Waals surface area (Å²) in [7, 11) is 2.12. The molecule has 1 atom stereocenters. The van der Waals surface area contributed by atoms with Crippen LogP contribution in [0.25, 0.3) is 20.3 Å². The number of benzene rings is 2. The Morgan fingerprint density at radius 1 is 1.04 bits per heavy atom. The van der Waals surface area contributed by atoms with E-state index in [1.165, 1.54) is 32.4 Å². The average molecular weight is 317 g/mol. The second-order valence-corrected chi connectivity index (χ2v) is 6.93. The molecule has 0 radical (unpaired) electrons. The largest absolute Gasteiger partial charge is 0.360 e. The van der Waals surface area contributed by atoms with Crippen molar-refractivity contribution in [1.82, 2.24) is 4.98 Å². The number of fused-ring (bicyclic) bond motifs is 4. The lowest BCUT2D eigenvalue weighted by Crippen LogP contribution is -2.23. The van der Waals surface area contributed by atoms with Gasteiger partial charge in [0.15, 0.2) is 0 Å². The van der Waals surface area contributed by atoms with Gasteiger partial charge in [0.1, 0.15) is 11.0 Å². The van der Waals surface area contributed by atoms with Crippen LogP contribution in [0.3, 0.4) is 0 Å². The summed E-state index contributed by atoms with van der Waals surface area (Å²) in [6.45, 7) is 0. The van der Waals surface area contributed by atoms with E-state index in [-0.39, 0.29) is 6.17 Å². The summed E-state index contributed by atoms with van der Waals surface area (Å²) in [6, 6.07) is 19.2. The van der Waals surface area contributed by atoms with Crippen molar-refractivity contribution in [3.63, 3.8) is 0 Å². The van der Waals surface area contributed by atoms with E-state index >= 15 is 0 Å². The van der Waals surface area contributed by atoms with Gasteiger partial charge in [-0.3, -0.25) is 0 Å². The van der Waals surface area contributed by atoms with Crippen molar-refractivity contribution in [2.45, 2.75) is 6.17 Å². The third-order valence-corrected chi connectivity index (χ3v) is 5.63. The predicted molar refractivity (Wildman–Crippen MR) is 98.3 cm³/mol. The standard InChI is InChI=1S/C19H15N3S/c1-22-16-8-4-3-7-15(16)21-18(22)12-10-14-13-6-2-5-9-17(13)23-19(14)20-11-12/h2-11,18,21H,1H3. The van der Waals surface area contributed by atoms with Crippen LogP contribution in [0.5, 0.6) is 0 Å². The normalized spacial score (nSPS) is 16.7. The highest BCUT2D eigenvalue weighted by atomic mass is 32.1. The Balaban J connectivity index is 1.65. The Kier molecular flexibility index (Phi) is 2.64. The SMILES string of the molecule is CN1c2ccccc2NC1c1cnc2sc3ccccc3c2c1. The quantitative estimate of drug-likeness (QED) is 0.535. The lowest BCUT2D eigenvalue weighted by molar-refractivity contribution is 0.790. The Labute approximate surface area is 138 Å². The molecule has 3 heterocycles. The zero-order valence-corrected chi connectivity index (χ0v) is 13.5. The fourth-order valence-corrected chi connectivity index (χ4v) is 4.40. The summed E-state index contributed by atoms with van der Waals surface area (Å²) >= 11 is 1.76. The van der Waals surface area contributed by atoms with Crippen LogP contribution < -0.4 is 10.2 Å². The molecule has 0 spiro atoms. The maximum Gasteiger partial charge on any atom is 0.127 e. The first kappa shape index (κ1) is 12.9. The van der Waals surface area contributed by atoms with E-state index in [0.29, 0.717) is 0 Å². The highest BCUT2D eigenvalue weighted by Gasteiger charge is 2.27. The number of hydrogen-bond acceptors (Lipinski definition) is 4. The summed E-state index contributed by atoms with van der Waals surface area (Å²) in [5, 5.41) is 6.13. The van der Waals surface area contributed by atoms with E-state index in [0.717, 1.165) is 4.83 Å². The molecule has 0 fully saturated rings. The van der Waals surface area contributed by atoms with E-state index in [1.54, 1.807) is 11.3 Å². The minimum absolute atomic E-state index is 0.128. The molecule has 112 valence electrons. The number of nitrogens with one attached hydrogen (secondary N) is 1. The summed E-state index contributed by atoms with van der Waals surface area (Å²) < 4.78 is 1.29. The van der Waals surface area contributed by atoms with Crippen LogP contribution in [-0.4, -0.2) is 12.0 Å². The molecule has 1 N–H and O–H groups in total. The second-order valence-electron chi connectivity index (χ2n) is 5.89. The highest BCUT2D eigenvalue weighted by molar-refractivity contribution is 7.25. The van der Waals surface area contributed by atoms with Gasteiger partial charge in [-0.25, -0.2) is 4.98 Å². The van der Waals surface area contributed by atoms with E-state index in [9.17, 15) is 0 Å². The number of pyridine rings is 1. The van der Waals surface area contributed by atoms with Crippen molar-refractivity contribution in [3.05, 3.63) is 66.4 Å². The average Bonchev–Trinajstić information content (AvgIpc) is 3.13. The molecule has 1 aliphatic rings. The molecule has 0 saturated heterocycles. The zero-order valence-electron chi connectivity index (χ0n) is 12.7. The van der Waals surface area contributed by atoms with Gasteiger partial charge in [-0.2, -0.15) is 0 Å². The predicted octanol–water partition coefficient (Wildman–Crippen LogP) is 5.01. The molecule has 0 bridgehead atoms. The summed E-state index contributed by atoms with van der Waals surface area (Å²) in [5.74, 6) is 0. The van der Waals surface area contributed by atoms with Gasteiger partial charge in [-0.05, 0) is 24.3 Å². The number of rotatable bonds is 1. The first-order valence-electron chi connectivity index (χ1n) is 7.67. The van der Waals surface area contributed by atoms with Crippen LogP contribution in [0.4, 0.5) is 11.4 Å². The number of para-hydroxylation sites is 2. The monoisotopic (exact) mass is 317 g/mol. The van der Waals surface area contributed by atoms with Gasteiger partial charge >= 0.3 is 0 Å². The summed E-state index contributed by atoms with van der Waals surface area (Å²) in [4.78, 5) is 8.09. The van der Waals surface area contributed by atoms with Gasteiger partial charge in [0.05, 0.1) is 11.4 Å². The molecule has 0 saturated carbocycles. The lowest BCUT2D eigenvalue weighted by atomic mass is 10.1. The van der Waals surface area contributed by atoms with E-state index in [2.05, 4.69) is 71.9 Å². The van der Waals surface area contributed by atoms with Crippen molar-refractivity contribution in [3.8, 4) is 0 Å². The molecule has 4 heteroatoms. The van der Waals surface area contributed by atoms with Crippen molar-refractivity contribution in [2.24, 2.45) is 0 Å². The van der Waals surface area contributed by atoms with Crippen LogP contribution >= 0.6 is 11.3 Å². The van der Waals surface area contributed by atoms with Crippen molar-refractivity contribution in [1.29, 1.82) is 0 Å².